The number of pyridine rings is 1. The lowest BCUT2D eigenvalue weighted by Gasteiger charge is -2.17. The fourth-order valence-electron chi connectivity index (χ4n) is 3.95. The van der Waals surface area contributed by atoms with E-state index in [1.807, 2.05) is 35.2 Å². The van der Waals surface area contributed by atoms with Crippen LogP contribution in [0.15, 0.2) is 53.5 Å². The number of rotatable bonds is 5. The lowest BCUT2D eigenvalue weighted by atomic mass is 10.1. The van der Waals surface area contributed by atoms with Crippen molar-refractivity contribution in [2.75, 3.05) is 13.1 Å². The number of aromatic nitrogens is 3. The van der Waals surface area contributed by atoms with Gasteiger partial charge in [0, 0.05) is 32.8 Å². The first-order valence-electron chi connectivity index (χ1n) is 9.49. The SMILES string of the molecule is Cn1c(=O)n([C@H]2CCN(C(=O)CCCc3ccccc3)C2)c2ncccc21. The summed E-state index contributed by atoms with van der Waals surface area (Å²) in [6.07, 6.45) is 4.81. The smallest absolute Gasteiger partial charge is 0.330 e. The summed E-state index contributed by atoms with van der Waals surface area (Å²) < 4.78 is 3.39. The van der Waals surface area contributed by atoms with Gasteiger partial charge in [0.2, 0.25) is 5.91 Å². The van der Waals surface area contributed by atoms with Gasteiger partial charge in [0.15, 0.2) is 5.65 Å². The van der Waals surface area contributed by atoms with Crippen LogP contribution < -0.4 is 5.69 Å². The van der Waals surface area contributed by atoms with Crippen molar-refractivity contribution >= 4 is 17.1 Å². The Morgan fingerprint density at radius 1 is 1.19 bits per heavy atom. The van der Waals surface area contributed by atoms with Gasteiger partial charge >= 0.3 is 5.69 Å². The van der Waals surface area contributed by atoms with Crippen molar-refractivity contribution in [1.82, 2.24) is 19.0 Å². The molecular weight excluding hydrogens is 340 g/mol. The lowest BCUT2D eigenvalue weighted by Crippen LogP contribution is -2.31. The highest BCUT2D eigenvalue weighted by molar-refractivity contribution is 5.76. The van der Waals surface area contributed by atoms with Crippen LogP contribution in [0.5, 0.6) is 0 Å². The molecule has 4 rings (SSSR count). The summed E-state index contributed by atoms with van der Waals surface area (Å²) in [7, 11) is 1.77. The van der Waals surface area contributed by atoms with E-state index in [4.69, 9.17) is 0 Å². The van der Waals surface area contributed by atoms with E-state index in [2.05, 4.69) is 17.1 Å². The number of aryl methyl sites for hydroxylation is 2. The van der Waals surface area contributed by atoms with Crippen LogP contribution in [0.2, 0.25) is 0 Å². The summed E-state index contributed by atoms with van der Waals surface area (Å²) in [6, 6.07) is 14.0. The Kier molecular flexibility index (Phi) is 4.79. The number of imidazole rings is 1. The molecule has 0 aliphatic carbocycles. The molecule has 3 aromatic rings. The van der Waals surface area contributed by atoms with Gasteiger partial charge in [-0.1, -0.05) is 30.3 Å². The Morgan fingerprint density at radius 2 is 2.00 bits per heavy atom. The van der Waals surface area contributed by atoms with E-state index in [1.54, 1.807) is 22.4 Å². The quantitative estimate of drug-likeness (QED) is 0.699. The second-order valence-electron chi connectivity index (χ2n) is 7.18. The Balaban J connectivity index is 1.41. The largest absolute Gasteiger partial charge is 0.341 e. The molecule has 140 valence electrons. The number of benzene rings is 1. The molecule has 0 radical (unpaired) electrons. The zero-order chi connectivity index (χ0) is 18.8. The van der Waals surface area contributed by atoms with Crippen molar-refractivity contribution in [3.63, 3.8) is 0 Å². The highest BCUT2D eigenvalue weighted by Crippen LogP contribution is 2.24. The van der Waals surface area contributed by atoms with Crippen LogP contribution in [0.1, 0.15) is 30.9 Å². The predicted octanol–water partition coefficient (Wildman–Crippen LogP) is 2.53. The molecule has 1 aliphatic heterocycles. The maximum absolute atomic E-state index is 12.7. The summed E-state index contributed by atoms with van der Waals surface area (Å²) in [5.41, 5.74) is 2.73. The molecule has 0 bridgehead atoms. The van der Waals surface area contributed by atoms with E-state index >= 15 is 0 Å². The van der Waals surface area contributed by atoms with Gasteiger partial charge in [-0.05, 0) is 37.0 Å². The molecule has 0 saturated carbocycles. The van der Waals surface area contributed by atoms with Crippen molar-refractivity contribution in [3.05, 3.63) is 64.7 Å². The minimum Gasteiger partial charge on any atom is -0.341 e. The summed E-state index contributed by atoms with van der Waals surface area (Å²) in [5.74, 6) is 0.176. The molecule has 3 heterocycles. The summed E-state index contributed by atoms with van der Waals surface area (Å²) in [6.45, 7) is 1.28. The minimum atomic E-state index is -0.0629. The van der Waals surface area contributed by atoms with Crippen LogP contribution in [0, 0.1) is 0 Å². The topological polar surface area (TPSA) is 60.1 Å². The van der Waals surface area contributed by atoms with Crippen LogP contribution in [-0.4, -0.2) is 38.0 Å². The van der Waals surface area contributed by atoms with Gasteiger partial charge < -0.3 is 4.90 Å². The number of hydrogen-bond donors (Lipinski definition) is 0. The molecule has 2 aromatic heterocycles. The maximum Gasteiger partial charge on any atom is 0.330 e. The highest BCUT2D eigenvalue weighted by atomic mass is 16.2. The normalized spacial score (nSPS) is 16.9. The number of hydrogen-bond acceptors (Lipinski definition) is 3. The first-order valence-corrected chi connectivity index (χ1v) is 9.49. The zero-order valence-electron chi connectivity index (χ0n) is 15.5. The molecule has 1 fully saturated rings. The Labute approximate surface area is 158 Å². The third-order valence-corrected chi connectivity index (χ3v) is 5.43. The fraction of sp³-hybridized carbons (Fsp3) is 0.381. The van der Waals surface area contributed by atoms with E-state index in [0.29, 0.717) is 25.2 Å². The number of nitrogens with zero attached hydrogens (tertiary/aromatic N) is 4. The van der Waals surface area contributed by atoms with E-state index in [-0.39, 0.29) is 17.6 Å². The van der Waals surface area contributed by atoms with Gasteiger partial charge in [-0.3, -0.25) is 13.9 Å². The van der Waals surface area contributed by atoms with E-state index in [0.717, 1.165) is 24.8 Å². The van der Waals surface area contributed by atoms with Crippen LogP contribution in [0.4, 0.5) is 0 Å². The highest BCUT2D eigenvalue weighted by Gasteiger charge is 2.30. The first kappa shape index (κ1) is 17.5. The molecule has 0 unspecified atom stereocenters. The number of carbonyl (C=O) groups is 1. The number of likely N-dealkylation sites (tertiary alicyclic amines) is 1. The van der Waals surface area contributed by atoms with Gasteiger partial charge in [-0.2, -0.15) is 0 Å². The summed E-state index contributed by atoms with van der Waals surface area (Å²) in [4.78, 5) is 31.5. The van der Waals surface area contributed by atoms with Crippen LogP contribution in [0.3, 0.4) is 0 Å². The molecule has 1 atom stereocenters. The molecular formula is C21H24N4O2. The number of amides is 1. The van der Waals surface area contributed by atoms with Gasteiger partial charge in [0.1, 0.15) is 0 Å². The van der Waals surface area contributed by atoms with E-state index < -0.39 is 0 Å². The molecule has 1 saturated heterocycles. The Bertz CT molecular complexity index is 1010. The summed E-state index contributed by atoms with van der Waals surface area (Å²) in [5, 5.41) is 0. The molecule has 1 aromatic carbocycles. The van der Waals surface area contributed by atoms with Crippen LogP contribution >= 0.6 is 0 Å². The maximum atomic E-state index is 12.7. The Hall–Kier alpha value is -2.89. The van der Waals surface area contributed by atoms with Gasteiger partial charge in [-0.15, -0.1) is 0 Å². The van der Waals surface area contributed by atoms with Gasteiger partial charge in [0.05, 0.1) is 11.6 Å². The van der Waals surface area contributed by atoms with Crippen LogP contribution in [-0.2, 0) is 18.3 Å². The summed E-state index contributed by atoms with van der Waals surface area (Å²) >= 11 is 0. The van der Waals surface area contributed by atoms with Crippen molar-refractivity contribution in [3.8, 4) is 0 Å². The first-order chi connectivity index (χ1) is 13.1. The molecule has 6 nitrogen and oxygen atoms in total. The molecule has 1 aliphatic rings. The predicted molar refractivity (Wildman–Crippen MR) is 105 cm³/mol. The van der Waals surface area contributed by atoms with Gasteiger partial charge in [-0.25, -0.2) is 9.78 Å². The second kappa shape index (κ2) is 7.39. The molecule has 0 N–H and O–H groups in total. The molecule has 6 heteroatoms. The Morgan fingerprint density at radius 3 is 2.81 bits per heavy atom. The van der Waals surface area contributed by atoms with E-state index in [9.17, 15) is 9.59 Å². The van der Waals surface area contributed by atoms with Crippen molar-refractivity contribution in [1.29, 1.82) is 0 Å². The average molecular weight is 364 g/mol. The monoisotopic (exact) mass is 364 g/mol. The second-order valence-corrected chi connectivity index (χ2v) is 7.18. The minimum absolute atomic E-state index is 0.00540. The van der Waals surface area contributed by atoms with Gasteiger partial charge in [0.25, 0.3) is 0 Å². The standard InChI is InChI=1S/C21H24N4O2/c1-23-18-10-6-13-22-20(18)25(21(23)27)17-12-14-24(15-17)19(26)11-5-9-16-7-3-2-4-8-16/h2-4,6-8,10,13,17H,5,9,11-12,14-15H2,1H3/t17-/m0/s1. The fourth-order valence-corrected chi connectivity index (χ4v) is 3.95. The van der Waals surface area contributed by atoms with Crippen LogP contribution in [0.25, 0.3) is 11.2 Å². The van der Waals surface area contributed by atoms with Crippen molar-refractivity contribution in [2.24, 2.45) is 7.05 Å². The zero-order valence-corrected chi connectivity index (χ0v) is 15.5. The van der Waals surface area contributed by atoms with Crippen molar-refractivity contribution < 1.29 is 4.79 Å². The van der Waals surface area contributed by atoms with E-state index in [1.165, 1.54) is 5.56 Å². The number of carbonyl (C=O) groups excluding carboxylic acids is 1. The molecule has 0 spiro atoms. The third-order valence-electron chi connectivity index (χ3n) is 5.43. The molecule has 27 heavy (non-hydrogen) atoms. The molecule has 1 amide bonds. The third kappa shape index (κ3) is 3.39. The lowest BCUT2D eigenvalue weighted by molar-refractivity contribution is -0.130. The van der Waals surface area contributed by atoms with Crippen molar-refractivity contribution in [2.45, 2.75) is 31.7 Å². The number of fused-ring (bicyclic) bond motifs is 1. The average Bonchev–Trinajstić information content (AvgIpc) is 3.27.